The minimum absolute atomic E-state index is 0.00604. The second-order valence-corrected chi connectivity index (χ2v) is 19.0. The molecular weight excluding hydrogens is 739 g/mol. The maximum absolute atomic E-state index is 14.9. The number of benzene rings is 1. The molecule has 1 unspecified atom stereocenters. The van der Waals surface area contributed by atoms with E-state index in [1.165, 1.54) is 11.3 Å². The van der Waals surface area contributed by atoms with Crippen LogP contribution in [0.3, 0.4) is 0 Å². The highest BCUT2D eigenvalue weighted by Gasteiger charge is 2.62. The average molecular weight is 792 g/mol. The first-order valence-electron chi connectivity index (χ1n) is 20.3. The van der Waals surface area contributed by atoms with Crippen LogP contribution in [0.4, 0.5) is 4.79 Å². The summed E-state index contributed by atoms with van der Waals surface area (Å²) in [7, 11) is -3.89. The highest BCUT2D eigenvalue weighted by Crippen LogP contribution is 2.52. The molecule has 56 heavy (non-hydrogen) atoms. The molecule has 0 spiro atoms. The van der Waals surface area contributed by atoms with E-state index in [4.69, 9.17) is 14.2 Å². The van der Waals surface area contributed by atoms with E-state index in [9.17, 15) is 27.6 Å². The summed E-state index contributed by atoms with van der Waals surface area (Å²) in [6.07, 6.45) is 10.2. The minimum Gasteiger partial charge on any atom is -0.494 e. The van der Waals surface area contributed by atoms with Gasteiger partial charge in [-0.3, -0.25) is 19.1 Å². The third-order valence-electron chi connectivity index (χ3n) is 12.7. The molecule has 302 valence electrons. The van der Waals surface area contributed by atoms with Crippen molar-refractivity contribution in [3.05, 3.63) is 42.6 Å². The van der Waals surface area contributed by atoms with Gasteiger partial charge in [-0.05, 0) is 118 Å². The minimum atomic E-state index is -3.89. The molecule has 6 aliphatic rings. The van der Waals surface area contributed by atoms with Crippen molar-refractivity contribution in [3.63, 3.8) is 0 Å². The quantitative estimate of drug-likeness (QED) is 0.309. The van der Waals surface area contributed by atoms with Crippen LogP contribution in [0, 0.1) is 29.6 Å². The molecule has 15 heteroatoms. The number of ether oxygens (including phenoxy) is 3. The molecule has 4 aliphatic carbocycles. The van der Waals surface area contributed by atoms with Gasteiger partial charge in [0.1, 0.15) is 35.6 Å². The van der Waals surface area contributed by atoms with Crippen molar-refractivity contribution in [2.24, 2.45) is 29.6 Å². The van der Waals surface area contributed by atoms with Crippen molar-refractivity contribution in [3.8, 4) is 11.6 Å². The topological polar surface area (TPSA) is 182 Å². The Morgan fingerprint density at radius 1 is 1.02 bits per heavy atom. The second-order valence-electron chi connectivity index (χ2n) is 17.1. The summed E-state index contributed by atoms with van der Waals surface area (Å²) >= 11 is 0. The fourth-order valence-corrected chi connectivity index (χ4v) is 10.6. The molecule has 1 aromatic carbocycles. The van der Waals surface area contributed by atoms with Crippen LogP contribution < -0.4 is 24.8 Å². The molecule has 5 fully saturated rings. The van der Waals surface area contributed by atoms with Crippen molar-refractivity contribution in [2.45, 2.75) is 120 Å². The van der Waals surface area contributed by atoms with Gasteiger partial charge in [0, 0.05) is 23.9 Å². The van der Waals surface area contributed by atoms with Crippen LogP contribution >= 0.6 is 0 Å². The summed E-state index contributed by atoms with van der Waals surface area (Å²) < 4.78 is 46.1. The summed E-state index contributed by atoms with van der Waals surface area (Å²) in [4.78, 5) is 62.6. The highest BCUT2D eigenvalue weighted by molar-refractivity contribution is 7.91. The lowest BCUT2D eigenvalue weighted by atomic mass is 9.88. The van der Waals surface area contributed by atoms with Crippen molar-refractivity contribution in [2.75, 3.05) is 13.2 Å². The Labute approximate surface area is 327 Å². The van der Waals surface area contributed by atoms with E-state index in [0.717, 1.165) is 30.0 Å². The number of fused-ring (bicyclic) bond motifs is 4. The smallest absolute Gasteiger partial charge is 0.408 e. The molecule has 8 rings (SSSR count). The number of aromatic nitrogens is 1. The van der Waals surface area contributed by atoms with E-state index in [1.54, 1.807) is 6.20 Å². The van der Waals surface area contributed by atoms with Crippen LogP contribution in [0.1, 0.15) is 85.0 Å². The Morgan fingerprint density at radius 3 is 2.55 bits per heavy atom. The van der Waals surface area contributed by atoms with Gasteiger partial charge >= 0.3 is 6.09 Å². The first-order valence-corrected chi connectivity index (χ1v) is 21.9. The van der Waals surface area contributed by atoms with E-state index >= 15 is 0 Å². The van der Waals surface area contributed by atoms with Gasteiger partial charge in [0.05, 0.1) is 18.4 Å². The van der Waals surface area contributed by atoms with E-state index in [0.29, 0.717) is 55.8 Å². The molecule has 10 atom stereocenters. The van der Waals surface area contributed by atoms with Crippen molar-refractivity contribution >= 4 is 44.6 Å². The van der Waals surface area contributed by atoms with Crippen LogP contribution in [0.15, 0.2) is 42.6 Å². The number of nitrogens with zero attached hydrogens (tertiary/aromatic N) is 2. The zero-order valence-corrected chi connectivity index (χ0v) is 33.1. The standard InChI is InChI=1S/C41H53N5O9S/c1-4-53-29-9-12-33-25(17-29)13-14-42-37(33)54-31-20-34-36(47)44-41(39(49)45-56(51,52)32-10-11-32)21-28(41)8-6-5-7-23(2)15-24(3)35(38(48)46(34)22-31)43-40(50)55-30-18-26-16-27(26)19-30/h6,8-9,12-14,17,23-24,26-28,30-32,34-35H,4-5,7,10-11,15-16,18-22H2,1-3H3,(H,43,50)(H,44,47)(H,45,49)/b8-6-/t23-,24-,26-,27+,28-,30?,31-,34+,35+,41-/m1/s1. The lowest BCUT2D eigenvalue weighted by Gasteiger charge is -2.33. The molecule has 4 saturated carbocycles. The van der Waals surface area contributed by atoms with E-state index < -0.39 is 68.7 Å². The molecule has 4 amide bonds. The summed E-state index contributed by atoms with van der Waals surface area (Å²) in [5.41, 5.74) is -1.50. The monoisotopic (exact) mass is 791 g/mol. The molecular formula is C41H53N5O9S. The largest absolute Gasteiger partial charge is 0.494 e. The van der Waals surface area contributed by atoms with Gasteiger partial charge in [-0.15, -0.1) is 0 Å². The predicted octanol–water partition coefficient (Wildman–Crippen LogP) is 4.37. The van der Waals surface area contributed by atoms with Gasteiger partial charge in [-0.25, -0.2) is 18.2 Å². The normalized spacial score (nSPS) is 34.8. The van der Waals surface area contributed by atoms with Gasteiger partial charge in [0.15, 0.2) is 0 Å². The Bertz CT molecular complexity index is 2010. The predicted molar refractivity (Wildman–Crippen MR) is 206 cm³/mol. The Morgan fingerprint density at radius 2 is 1.80 bits per heavy atom. The zero-order valence-electron chi connectivity index (χ0n) is 32.3. The van der Waals surface area contributed by atoms with Crippen LogP contribution in [0.25, 0.3) is 10.8 Å². The number of sulfonamides is 1. The molecule has 14 nitrogen and oxygen atoms in total. The van der Waals surface area contributed by atoms with Crippen LogP contribution in [0.5, 0.6) is 11.6 Å². The summed E-state index contributed by atoms with van der Waals surface area (Å²) in [6.45, 7) is 6.46. The van der Waals surface area contributed by atoms with Gasteiger partial charge in [-0.1, -0.05) is 26.0 Å². The Hall–Kier alpha value is -4.40. The maximum atomic E-state index is 14.9. The highest BCUT2D eigenvalue weighted by atomic mass is 32.2. The number of pyridine rings is 1. The lowest BCUT2D eigenvalue weighted by Crippen LogP contribution is -2.59. The Balaban J connectivity index is 1.09. The third kappa shape index (κ3) is 8.05. The molecule has 2 aliphatic heterocycles. The molecule has 3 heterocycles. The molecule has 2 aromatic rings. The van der Waals surface area contributed by atoms with Gasteiger partial charge in [-0.2, -0.15) is 0 Å². The van der Waals surface area contributed by atoms with Crippen LogP contribution in [0.2, 0.25) is 0 Å². The second kappa shape index (κ2) is 15.2. The van der Waals surface area contributed by atoms with E-state index in [2.05, 4.69) is 27.3 Å². The number of amides is 4. The molecule has 0 radical (unpaired) electrons. The number of nitrogens with one attached hydrogen (secondary N) is 3. The number of carbonyl (C=O) groups is 4. The number of hydrogen-bond donors (Lipinski definition) is 3. The van der Waals surface area contributed by atoms with Gasteiger partial charge in [0.2, 0.25) is 27.7 Å². The Kier molecular flexibility index (Phi) is 10.4. The van der Waals surface area contributed by atoms with Crippen LogP contribution in [-0.4, -0.2) is 90.3 Å². The number of alkyl carbamates (subject to hydrolysis) is 1. The fourth-order valence-electron chi connectivity index (χ4n) is 9.20. The van der Waals surface area contributed by atoms with Gasteiger partial charge < -0.3 is 29.7 Å². The zero-order chi connectivity index (χ0) is 39.4. The maximum Gasteiger partial charge on any atom is 0.408 e. The third-order valence-corrected chi connectivity index (χ3v) is 14.5. The first kappa shape index (κ1) is 38.5. The first-order chi connectivity index (χ1) is 26.8. The summed E-state index contributed by atoms with van der Waals surface area (Å²) in [5, 5.41) is 6.77. The summed E-state index contributed by atoms with van der Waals surface area (Å²) in [6, 6.07) is 5.33. The van der Waals surface area contributed by atoms with Crippen molar-refractivity contribution < 1.29 is 41.8 Å². The van der Waals surface area contributed by atoms with Crippen molar-refractivity contribution in [1.82, 2.24) is 25.2 Å². The number of hydrogen-bond acceptors (Lipinski definition) is 10. The van der Waals surface area contributed by atoms with E-state index in [-0.39, 0.29) is 37.3 Å². The SMILES string of the molecule is CCOc1ccc2c(O[C@@H]3C[C@H]4C(=O)N[C@]5(C(=O)NS(=O)(=O)C6CC6)C[C@H]5/C=C\CC[C@@H](C)C[C@@H](C)[C@H](NC(=O)OC5C[C@@H]6C[C@@H]6C5)C(=O)N4C3)nccc2c1. The summed E-state index contributed by atoms with van der Waals surface area (Å²) in [5.74, 6) is -0.146. The number of rotatable bonds is 9. The average Bonchev–Trinajstić information content (AvgIpc) is 4.11. The molecule has 0 bridgehead atoms. The number of carbonyl (C=O) groups excluding carboxylic acids is 4. The van der Waals surface area contributed by atoms with E-state index in [1.807, 2.05) is 50.3 Å². The van der Waals surface area contributed by atoms with Gasteiger partial charge in [0.25, 0.3) is 5.91 Å². The molecule has 1 saturated heterocycles. The van der Waals surface area contributed by atoms with Crippen LogP contribution in [-0.2, 0) is 29.1 Å². The van der Waals surface area contributed by atoms with Crippen molar-refractivity contribution in [1.29, 1.82) is 0 Å². The number of allylic oxidation sites excluding steroid dienone is 1. The molecule has 3 N–H and O–H groups in total. The molecule has 1 aromatic heterocycles. The lowest BCUT2D eigenvalue weighted by molar-refractivity contribution is -0.142. The fraction of sp³-hybridized carbons (Fsp3) is 0.634.